The Morgan fingerprint density at radius 1 is 1.12 bits per heavy atom. The van der Waals surface area contributed by atoms with Crippen LogP contribution in [-0.4, -0.2) is 25.3 Å². The van der Waals surface area contributed by atoms with Crippen molar-refractivity contribution in [1.82, 2.24) is 5.32 Å². The lowest BCUT2D eigenvalue weighted by molar-refractivity contribution is -0.103. The first-order chi connectivity index (χ1) is 7.38. The second-order valence-electron chi connectivity index (χ2n) is 6.93. The zero-order valence-electron chi connectivity index (χ0n) is 11.5. The number of methoxy groups -OCH3 is 1. The van der Waals surface area contributed by atoms with Crippen molar-refractivity contribution < 1.29 is 4.74 Å². The van der Waals surface area contributed by atoms with Gasteiger partial charge in [0.25, 0.3) is 0 Å². The first-order valence-electron chi connectivity index (χ1n) is 6.67. The zero-order chi connectivity index (χ0) is 12.0. The summed E-state index contributed by atoms with van der Waals surface area (Å²) in [5.74, 6) is 0. The van der Waals surface area contributed by atoms with E-state index >= 15 is 0 Å². The van der Waals surface area contributed by atoms with Crippen molar-refractivity contribution >= 4 is 0 Å². The fraction of sp³-hybridized carbons (Fsp3) is 1.00. The summed E-state index contributed by atoms with van der Waals surface area (Å²) in [7, 11) is 1.84. The van der Waals surface area contributed by atoms with Crippen molar-refractivity contribution in [2.24, 2.45) is 10.8 Å². The van der Waals surface area contributed by atoms with Crippen LogP contribution in [0.3, 0.4) is 0 Å². The van der Waals surface area contributed by atoms with Gasteiger partial charge >= 0.3 is 0 Å². The summed E-state index contributed by atoms with van der Waals surface area (Å²) >= 11 is 0. The Morgan fingerprint density at radius 2 is 1.81 bits per heavy atom. The van der Waals surface area contributed by atoms with Crippen molar-refractivity contribution in [2.75, 3.05) is 7.11 Å². The minimum atomic E-state index is 0.299. The molecule has 2 fully saturated rings. The van der Waals surface area contributed by atoms with Crippen LogP contribution in [0.1, 0.15) is 53.4 Å². The average Bonchev–Trinajstić information content (AvgIpc) is 2.52. The molecule has 2 aliphatic carbocycles. The van der Waals surface area contributed by atoms with Crippen molar-refractivity contribution in [2.45, 2.75) is 71.6 Å². The molecule has 2 heteroatoms. The standard InChI is InChI=1S/C14H27NO/c1-13(2)8-6-7-10(13)15-11-9-12(16-5)14(11,3)4/h10-12,15H,6-9H2,1-5H3. The maximum Gasteiger partial charge on any atom is 0.0652 e. The molecule has 2 rings (SSSR count). The van der Waals surface area contributed by atoms with E-state index in [1.54, 1.807) is 0 Å². The van der Waals surface area contributed by atoms with Crippen molar-refractivity contribution in [3.05, 3.63) is 0 Å². The molecule has 0 saturated heterocycles. The number of ether oxygens (including phenoxy) is 1. The van der Waals surface area contributed by atoms with Crippen molar-refractivity contribution in [1.29, 1.82) is 0 Å². The molecule has 1 N–H and O–H groups in total. The Bertz CT molecular complexity index is 259. The molecular weight excluding hydrogens is 198 g/mol. The largest absolute Gasteiger partial charge is 0.381 e. The highest BCUT2D eigenvalue weighted by atomic mass is 16.5. The molecule has 0 aromatic carbocycles. The molecule has 0 spiro atoms. The van der Waals surface area contributed by atoms with E-state index in [-0.39, 0.29) is 0 Å². The van der Waals surface area contributed by atoms with Crippen molar-refractivity contribution in [3.63, 3.8) is 0 Å². The van der Waals surface area contributed by atoms with E-state index in [9.17, 15) is 0 Å². The molecule has 0 radical (unpaired) electrons. The molecule has 2 saturated carbocycles. The van der Waals surface area contributed by atoms with Gasteiger partial charge in [-0.25, -0.2) is 0 Å². The summed E-state index contributed by atoms with van der Waals surface area (Å²) in [6.45, 7) is 9.45. The minimum Gasteiger partial charge on any atom is -0.381 e. The number of rotatable bonds is 3. The molecule has 0 aliphatic heterocycles. The van der Waals surface area contributed by atoms with Gasteiger partial charge in [-0.05, 0) is 24.7 Å². The first kappa shape index (κ1) is 12.4. The predicted molar refractivity (Wildman–Crippen MR) is 67.5 cm³/mol. The molecule has 0 aromatic rings. The maximum atomic E-state index is 5.51. The van der Waals surface area contributed by atoms with Gasteiger partial charge in [-0.15, -0.1) is 0 Å². The molecule has 2 aliphatic rings. The molecule has 94 valence electrons. The van der Waals surface area contributed by atoms with Crippen LogP contribution in [0.15, 0.2) is 0 Å². The van der Waals surface area contributed by atoms with Gasteiger partial charge in [0.2, 0.25) is 0 Å². The van der Waals surface area contributed by atoms with E-state index in [1.807, 2.05) is 7.11 Å². The minimum absolute atomic E-state index is 0.299. The van der Waals surface area contributed by atoms with Crippen molar-refractivity contribution in [3.8, 4) is 0 Å². The van der Waals surface area contributed by atoms with Gasteiger partial charge in [0.15, 0.2) is 0 Å². The second-order valence-corrected chi connectivity index (χ2v) is 6.93. The lowest BCUT2D eigenvalue weighted by atomic mass is 9.64. The van der Waals surface area contributed by atoms with Gasteiger partial charge in [0.05, 0.1) is 6.10 Å². The zero-order valence-corrected chi connectivity index (χ0v) is 11.5. The van der Waals surface area contributed by atoms with E-state index < -0.39 is 0 Å². The van der Waals surface area contributed by atoms with Gasteiger partial charge in [0, 0.05) is 24.6 Å². The van der Waals surface area contributed by atoms with Gasteiger partial charge < -0.3 is 10.1 Å². The summed E-state index contributed by atoms with van der Waals surface area (Å²) in [6.07, 6.45) is 5.71. The van der Waals surface area contributed by atoms with Crippen LogP contribution in [0.25, 0.3) is 0 Å². The van der Waals surface area contributed by atoms with Crippen LogP contribution in [0, 0.1) is 10.8 Å². The third-order valence-corrected chi connectivity index (χ3v) is 5.12. The molecular formula is C14H27NO. The van der Waals surface area contributed by atoms with Gasteiger partial charge in [0.1, 0.15) is 0 Å². The van der Waals surface area contributed by atoms with Crippen LogP contribution in [0.5, 0.6) is 0 Å². The van der Waals surface area contributed by atoms with Gasteiger partial charge in [-0.2, -0.15) is 0 Å². The Balaban J connectivity index is 1.92. The molecule has 3 atom stereocenters. The monoisotopic (exact) mass is 225 g/mol. The van der Waals surface area contributed by atoms with Crippen LogP contribution in [0.4, 0.5) is 0 Å². The van der Waals surface area contributed by atoms with Crippen LogP contribution >= 0.6 is 0 Å². The Morgan fingerprint density at radius 3 is 2.25 bits per heavy atom. The van der Waals surface area contributed by atoms with Crippen LogP contribution in [-0.2, 0) is 4.74 Å². The number of hydrogen-bond acceptors (Lipinski definition) is 2. The van der Waals surface area contributed by atoms with Crippen LogP contribution in [0.2, 0.25) is 0 Å². The third kappa shape index (κ3) is 1.91. The van der Waals surface area contributed by atoms with E-state index in [0.29, 0.717) is 29.0 Å². The smallest absolute Gasteiger partial charge is 0.0652 e. The Labute approximate surface area is 100 Å². The molecule has 16 heavy (non-hydrogen) atoms. The van der Waals surface area contributed by atoms with E-state index in [0.717, 1.165) is 0 Å². The topological polar surface area (TPSA) is 21.3 Å². The summed E-state index contributed by atoms with van der Waals surface area (Å²) in [5, 5.41) is 3.88. The Kier molecular flexibility index (Phi) is 3.09. The van der Waals surface area contributed by atoms with Gasteiger partial charge in [-0.3, -0.25) is 0 Å². The molecule has 0 heterocycles. The number of hydrogen-bond donors (Lipinski definition) is 1. The van der Waals surface area contributed by atoms with E-state index in [1.165, 1.54) is 25.7 Å². The fourth-order valence-electron chi connectivity index (χ4n) is 3.45. The van der Waals surface area contributed by atoms with Gasteiger partial charge in [-0.1, -0.05) is 34.1 Å². The molecule has 0 bridgehead atoms. The molecule has 0 aromatic heterocycles. The van der Waals surface area contributed by atoms with E-state index in [4.69, 9.17) is 4.74 Å². The SMILES string of the molecule is COC1CC(NC2CCCC2(C)C)C1(C)C. The second kappa shape index (κ2) is 3.99. The normalized spacial score (nSPS) is 40.7. The highest BCUT2D eigenvalue weighted by molar-refractivity contribution is 5.05. The summed E-state index contributed by atoms with van der Waals surface area (Å²) in [6, 6.07) is 1.34. The third-order valence-electron chi connectivity index (χ3n) is 5.12. The highest BCUT2D eigenvalue weighted by Crippen LogP contribution is 2.45. The highest BCUT2D eigenvalue weighted by Gasteiger charge is 2.50. The Hall–Kier alpha value is -0.0800. The first-order valence-corrected chi connectivity index (χ1v) is 6.67. The fourth-order valence-corrected chi connectivity index (χ4v) is 3.45. The summed E-state index contributed by atoms with van der Waals surface area (Å²) in [5.41, 5.74) is 0.779. The summed E-state index contributed by atoms with van der Waals surface area (Å²) in [4.78, 5) is 0. The molecule has 3 unspecified atom stereocenters. The molecule has 0 amide bonds. The quantitative estimate of drug-likeness (QED) is 0.797. The summed E-state index contributed by atoms with van der Waals surface area (Å²) < 4.78 is 5.51. The number of nitrogens with one attached hydrogen (secondary N) is 1. The van der Waals surface area contributed by atoms with E-state index in [2.05, 4.69) is 33.0 Å². The average molecular weight is 225 g/mol. The van der Waals surface area contributed by atoms with Crippen LogP contribution < -0.4 is 5.32 Å². The maximum absolute atomic E-state index is 5.51. The predicted octanol–water partition coefficient (Wildman–Crippen LogP) is 2.97. The lowest BCUT2D eigenvalue weighted by Gasteiger charge is -2.53. The lowest BCUT2D eigenvalue weighted by Crippen LogP contribution is -2.63. The molecule has 2 nitrogen and oxygen atoms in total.